The summed E-state index contributed by atoms with van der Waals surface area (Å²) in [7, 11) is 1.10. The fourth-order valence-corrected chi connectivity index (χ4v) is 2.56. The third-order valence-corrected chi connectivity index (χ3v) is 4.48. The minimum Gasteiger partial charge on any atom is -0.383 e. The van der Waals surface area contributed by atoms with Crippen LogP contribution in [0.1, 0.15) is 6.42 Å². The topological polar surface area (TPSA) is 109 Å². The molecule has 8 nitrogen and oxygen atoms in total. The molecule has 10 heteroatoms. The number of amides is 1. The Balaban J connectivity index is 0.00000529. The van der Waals surface area contributed by atoms with E-state index in [1.807, 2.05) is 0 Å². The third-order valence-electron chi connectivity index (χ3n) is 3.07. The van der Waals surface area contributed by atoms with Crippen LogP contribution in [0, 0.1) is 0 Å². The Labute approximate surface area is 149 Å². The lowest BCUT2D eigenvalue weighted by atomic mass is 10.2. The Morgan fingerprint density at radius 3 is 2.46 bits per heavy atom. The van der Waals surface area contributed by atoms with Crippen LogP contribution in [-0.4, -0.2) is 55.2 Å². The van der Waals surface area contributed by atoms with Gasteiger partial charge in [-0.15, -0.1) is 12.4 Å². The zero-order valence-electron chi connectivity index (χ0n) is 14.0. The quantitative estimate of drug-likeness (QED) is 0.443. The number of benzene rings is 1. The predicted molar refractivity (Wildman–Crippen MR) is 97.5 cm³/mol. The van der Waals surface area contributed by atoms with Crippen LogP contribution in [0.2, 0.25) is 0 Å². The highest BCUT2D eigenvalue weighted by Gasteiger charge is 2.15. The number of hydrogen-bond donors (Lipinski definition) is 4. The number of methoxy groups -OCH3 is 1. The second-order valence-corrected chi connectivity index (χ2v) is 6.62. The summed E-state index contributed by atoms with van der Waals surface area (Å²) in [6, 6.07) is 4.52. The summed E-state index contributed by atoms with van der Waals surface area (Å²) in [5.74, 6) is -0.201. The Morgan fingerprint density at radius 2 is 1.88 bits per heavy atom. The molecule has 1 rings (SSSR count). The van der Waals surface area contributed by atoms with Crippen molar-refractivity contribution in [3.05, 3.63) is 18.2 Å². The van der Waals surface area contributed by atoms with Gasteiger partial charge in [-0.25, -0.2) is 13.1 Å². The van der Waals surface area contributed by atoms with Crippen LogP contribution in [0.3, 0.4) is 0 Å². The van der Waals surface area contributed by atoms with E-state index in [-0.39, 0.29) is 29.6 Å². The number of ether oxygens (including phenoxy) is 1. The van der Waals surface area contributed by atoms with Gasteiger partial charge in [-0.2, -0.15) is 0 Å². The summed E-state index contributed by atoms with van der Waals surface area (Å²) in [5, 5.41) is 8.72. The molecule has 0 saturated carbocycles. The minimum atomic E-state index is -3.58. The van der Waals surface area contributed by atoms with E-state index in [1.54, 1.807) is 20.2 Å². The first-order valence-corrected chi connectivity index (χ1v) is 8.67. The van der Waals surface area contributed by atoms with Crippen LogP contribution in [-0.2, 0) is 19.6 Å². The van der Waals surface area contributed by atoms with Crippen molar-refractivity contribution < 1.29 is 17.9 Å². The van der Waals surface area contributed by atoms with Crippen LogP contribution in [0.15, 0.2) is 23.1 Å². The molecule has 0 bridgehead atoms. The highest BCUT2D eigenvalue weighted by Crippen LogP contribution is 2.25. The van der Waals surface area contributed by atoms with Crippen molar-refractivity contribution in [2.24, 2.45) is 0 Å². The standard InChI is InChI=1S/C14H24N4O4S.ClH/c1-15-7-6-14(19)18-13-10-11(23(20,21)16-2)4-5-12(13)17-8-9-22-3;/h4-5,10,15-17H,6-9H2,1-3H3,(H,18,19);1H. The summed E-state index contributed by atoms with van der Waals surface area (Å²) >= 11 is 0. The van der Waals surface area contributed by atoms with Crippen LogP contribution >= 0.6 is 12.4 Å². The number of anilines is 2. The Bertz CT molecular complexity index is 625. The van der Waals surface area contributed by atoms with Crippen LogP contribution in [0.4, 0.5) is 11.4 Å². The molecule has 0 fully saturated rings. The molecule has 1 aromatic rings. The largest absolute Gasteiger partial charge is 0.383 e. The van der Waals surface area contributed by atoms with Gasteiger partial charge in [0, 0.05) is 26.6 Å². The average Bonchev–Trinajstić information content (AvgIpc) is 2.54. The van der Waals surface area contributed by atoms with Crippen molar-refractivity contribution in [2.75, 3.05) is 51.5 Å². The molecule has 0 radical (unpaired) electrons. The lowest BCUT2D eigenvalue weighted by molar-refractivity contribution is -0.116. The van der Waals surface area contributed by atoms with Gasteiger partial charge in [0.2, 0.25) is 15.9 Å². The SMILES string of the molecule is CNCCC(=O)Nc1cc(S(=O)(=O)NC)ccc1NCCOC.Cl. The predicted octanol–water partition coefficient (Wildman–Crippen LogP) is 0.623. The normalized spacial score (nSPS) is 10.8. The van der Waals surface area contributed by atoms with Crippen molar-refractivity contribution in [1.29, 1.82) is 0 Å². The molecule has 0 aliphatic rings. The first-order valence-electron chi connectivity index (χ1n) is 7.19. The molecular formula is C14H25ClN4O4S. The number of carbonyl (C=O) groups excluding carboxylic acids is 1. The van der Waals surface area contributed by atoms with E-state index in [0.29, 0.717) is 31.1 Å². The number of nitrogens with one attached hydrogen (secondary N) is 4. The van der Waals surface area contributed by atoms with Crippen molar-refractivity contribution in [2.45, 2.75) is 11.3 Å². The number of hydrogen-bond acceptors (Lipinski definition) is 6. The van der Waals surface area contributed by atoms with Gasteiger partial charge in [-0.1, -0.05) is 0 Å². The maximum atomic E-state index is 11.9. The van der Waals surface area contributed by atoms with Gasteiger partial charge in [0.05, 0.1) is 22.9 Å². The number of halogens is 1. The van der Waals surface area contributed by atoms with Crippen LogP contribution in [0.25, 0.3) is 0 Å². The molecule has 1 amide bonds. The molecule has 138 valence electrons. The van der Waals surface area contributed by atoms with Crippen molar-refractivity contribution in [3.8, 4) is 0 Å². The van der Waals surface area contributed by atoms with Crippen LogP contribution in [0.5, 0.6) is 0 Å². The Morgan fingerprint density at radius 1 is 1.17 bits per heavy atom. The van der Waals surface area contributed by atoms with Crippen molar-refractivity contribution in [3.63, 3.8) is 0 Å². The smallest absolute Gasteiger partial charge is 0.240 e. The molecular weight excluding hydrogens is 356 g/mol. The molecule has 0 spiro atoms. The zero-order chi connectivity index (χ0) is 17.3. The number of rotatable bonds is 10. The third kappa shape index (κ3) is 7.02. The van der Waals surface area contributed by atoms with Crippen molar-refractivity contribution in [1.82, 2.24) is 10.0 Å². The molecule has 0 saturated heterocycles. The molecule has 0 unspecified atom stereocenters. The highest BCUT2D eigenvalue weighted by molar-refractivity contribution is 7.89. The molecule has 0 atom stereocenters. The number of sulfonamides is 1. The first-order chi connectivity index (χ1) is 10.9. The fourth-order valence-electron chi connectivity index (χ4n) is 1.80. The maximum absolute atomic E-state index is 11.9. The van der Waals surface area contributed by atoms with E-state index in [9.17, 15) is 13.2 Å². The lowest BCUT2D eigenvalue weighted by Crippen LogP contribution is -2.21. The molecule has 4 N–H and O–H groups in total. The van der Waals surface area contributed by atoms with E-state index >= 15 is 0 Å². The average molecular weight is 381 g/mol. The molecule has 0 aromatic heterocycles. The summed E-state index contributed by atoms with van der Waals surface area (Å²) in [4.78, 5) is 12.0. The van der Waals surface area contributed by atoms with Gasteiger partial charge in [-0.3, -0.25) is 4.79 Å². The number of carbonyl (C=O) groups is 1. The van der Waals surface area contributed by atoms with Gasteiger partial charge in [0.1, 0.15) is 0 Å². The highest BCUT2D eigenvalue weighted by atomic mass is 35.5. The first kappa shape index (κ1) is 22.6. The molecule has 0 aliphatic heterocycles. The van der Waals surface area contributed by atoms with Crippen molar-refractivity contribution >= 4 is 39.7 Å². The monoisotopic (exact) mass is 380 g/mol. The van der Waals surface area contributed by atoms with Gasteiger partial charge in [-0.05, 0) is 32.3 Å². The van der Waals surface area contributed by atoms with E-state index in [2.05, 4.69) is 20.7 Å². The van der Waals surface area contributed by atoms with Gasteiger partial charge in [0.15, 0.2) is 0 Å². The van der Waals surface area contributed by atoms with E-state index in [4.69, 9.17) is 4.74 Å². The summed E-state index contributed by atoms with van der Waals surface area (Å²) < 4.78 is 31.0. The van der Waals surface area contributed by atoms with Gasteiger partial charge in [0.25, 0.3) is 0 Å². The fraction of sp³-hybridized carbons (Fsp3) is 0.500. The second kappa shape index (κ2) is 11.2. The maximum Gasteiger partial charge on any atom is 0.240 e. The van der Waals surface area contributed by atoms with E-state index in [1.165, 1.54) is 19.2 Å². The second-order valence-electron chi connectivity index (χ2n) is 4.74. The summed E-state index contributed by atoms with van der Waals surface area (Å²) in [5.41, 5.74) is 1.05. The molecule has 0 aliphatic carbocycles. The van der Waals surface area contributed by atoms with Crippen LogP contribution < -0.4 is 20.7 Å². The minimum absolute atomic E-state index is 0. The zero-order valence-corrected chi connectivity index (χ0v) is 15.6. The molecule has 0 heterocycles. The van der Waals surface area contributed by atoms with E-state index in [0.717, 1.165) is 0 Å². The molecule has 24 heavy (non-hydrogen) atoms. The summed E-state index contributed by atoms with van der Waals surface area (Å²) in [6.07, 6.45) is 0.289. The van der Waals surface area contributed by atoms with Gasteiger partial charge < -0.3 is 20.7 Å². The van der Waals surface area contributed by atoms with Gasteiger partial charge >= 0.3 is 0 Å². The molecule has 1 aromatic carbocycles. The van der Waals surface area contributed by atoms with E-state index < -0.39 is 10.0 Å². The Kier molecular flexibility index (Phi) is 10.6. The lowest BCUT2D eigenvalue weighted by Gasteiger charge is -2.15. The summed E-state index contributed by atoms with van der Waals surface area (Å²) in [6.45, 7) is 1.56. The Hall–Kier alpha value is -1.39.